The normalized spacial score (nSPS) is 18.5. The molecule has 0 bridgehead atoms. The van der Waals surface area contributed by atoms with Gasteiger partial charge in [-0.05, 0) is 48.9 Å². The number of amides is 1. The number of carbonyl (C=O) groups excluding carboxylic acids is 1. The number of aromatic nitrogens is 1. The fourth-order valence-electron chi connectivity index (χ4n) is 3.54. The fourth-order valence-corrected chi connectivity index (χ4v) is 4.32. The second kappa shape index (κ2) is 7.42. The van der Waals surface area contributed by atoms with Gasteiger partial charge < -0.3 is 15.2 Å². The van der Waals surface area contributed by atoms with Gasteiger partial charge in [0.25, 0.3) is 5.91 Å². The maximum absolute atomic E-state index is 12.5. The number of nitrogens with zero attached hydrogens (tertiary/aromatic N) is 1. The molecule has 2 aromatic heterocycles. The van der Waals surface area contributed by atoms with Gasteiger partial charge in [0.05, 0.1) is 10.2 Å². The Bertz CT molecular complexity index is 810. The third-order valence-electron chi connectivity index (χ3n) is 4.88. The Hall–Kier alpha value is -2.11. The second-order valence-corrected chi connectivity index (χ2v) is 7.68. The van der Waals surface area contributed by atoms with Crippen LogP contribution in [0.4, 0.5) is 0 Å². The molecular formula is C20H23N3OS. The Labute approximate surface area is 151 Å². The number of H-pyrrole nitrogens is 1. The van der Waals surface area contributed by atoms with Crippen molar-refractivity contribution in [1.82, 2.24) is 15.2 Å². The quantitative estimate of drug-likeness (QED) is 0.735. The van der Waals surface area contributed by atoms with Gasteiger partial charge >= 0.3 is 0 Å². The lowest BCUT2D eigenvalue weighted by Gasteiger charge is -2.33. The van der Waals surface area contributed by atoms with Crippen LogP contribution in [-0.2, 0) is 6.42 Å². The molecule has 5 heteroatoms. The SMILES string of the molecule is O=C(NC1CCCN(CCc2ccccc2)C1)c1cc2sccc2[nH]1. The highest BCUT2D eigenvalue weighted by molar-refractivity contribution is 7.17. The Morgan fingerprint density at radius 2 is 2.16 bits per heavy atom. The van der Waals surface area contributed by atoms with E-state index in [2.05, 4.69) is 45.5 Å². The van der Waals surface area contributed by atoms with E-state index in [0.717, 1.165) is 49.1 Å². The monoisotopic (exact) mass is 353 g/mol. The number of nitrogens with one attached hydrogen (secondary N) is 2. The molecule has 3 aromatic rings. The van der Waals surface area contributed by atoms with Crippen molar-refractivity contribution in [1.29, 1.82) is 0 Å². The van der Waals surface area contributed by atoms with Crippen LogP contribution in [0.15, 0.2) is 47.8 Å². The first-order valence-electron chi connectivity index (χ1n) is 8.91. The van der Waals surface area contributed by atoms with Gasteiger partial charge in [-0.2, -0.15) is 0 Å². The van der Waals surface area contributed by atoms with E-state index in [1.807, 2.05) is 17.5 Å². The first-order chi connectivity index (χ1) is 12.3. The van der Waals surface area contributed by atoms with Crippen LogP contribution in [-0.4, -0.2) is 41.5 Å². The summed E-state index contributed by atoms with van der Waals surface area (Å²) < 4.78 is 1.14. The Kier molecular flexibility index (Phi) is 4.85. The van der Waals surface area contributed by atoms with E-state index in [1.54, 1.807) is 11.3 Å². The number of thiophene rings is 1. The highest BCUT2D eigenvalue weighted by Gasteiger charge is 2.22. The topological polar surface area (TPSA) is 48.1 Å². The maximum Gasteiger partial charge on any atom is 0.268 e. The molecule has 4 nitrogen and oxygen atoms in total. The van der Waals surface area contributed by atoms with E-state index in [4.69, 9.17) is 0 Å². The van der Waals surface area contributed by atoms with Crippen molar-refractivity contribution in [3.63, 3.8) is 0 Å². The van der Waals surface area contributed by atoms with Gasteiger partial charge in [0.2, 0.25) is 0 Å². The molecule has 0 spiro atoms. The molecule has 0 radical (unpaired) electrons. The zero-order valence-electron chi connectivity index (χ0n) is 14.2. The Morgan fingerprint density at radius 1 is 1.28 bits per heavy atom. The molecule has 25 heavy (non-hydrogen) atoms. The number of likely N-dealkylation sites (tertiary alicyclic amines) is 1. The highest BCUT2D eigenvalue weighted by atomic mass is 32.1. The lowest BCUT2D eigenvalue weighted by atomic mass is 10.0. The molecular weight excluding hydrogens is 330 g/mol. The number of rotatable bonds is 5. The molecule has 1 amide bonds. The number of hydrogen-bond donors (Lipinski definition) is 2. The van der Waals surface area contributed by atoms with Crippen molar-refractivity contribution >= 4 is 27.5 Å². The number of carbonyl (C=O) groups is 1. The van der Waals surface area contributed by atoms with Gasteiger partial charge in [-0.15, -0.1) is 11.3 Å². The van der Waals surface area contributed by atoms with Crippen LogP contribution in [0.3, 0.4) is 0 Å². The molecule has 1 atom stereocenters. The summed E-state index contributed by atoms with van der Waals surface area (Å²) in [5.41, 5.74) is 3.09. The minimum Gasteiger partial charge on any atom is -0.350 e. The summed E-state index contributed by atoms with van der Waals surface area (Å²) in [5, 5.41) is 5.24. The summed E-state index contributed by atoms with van der Waals surface area (Å²) in [5.74, 6) is 0.0123. The first kappa shape index (κ1) is 16.4. The van der Waals surface area contributed by atoms with Crippen molar-refractivity contribution in [2.45, 2.75) is 25.3 Å². The molecule has 1 aromatic carbocycles. The van der Waals surface area contributed by atoms with Crippen molar-refractivity contribution in [2.75, 3.05) is 19.6 Å². The Balaban J connectivity index is 1.31. The molecule has 0 aliphatic carbocycles. The fraction of sp³-hybridized carbons (Fsp3) is 0.350. The summed E-state index contributed by atoms with van der Waals surface area (Å²) in [6, 6.07) is 14.8. The molecule has 0 saturated carbocycles. The molecule has 1 fully saturated rings. The van der Waals surface area contributed by atoms with Crippen LogP contribution < -0.4 is 5.32 Å². The van der Waals surface area contributed by atoms with Gasteiger partial charge in [0.1, 0.15) is 5.69 Å². The number of benzene rings is 1. The summed E-state index contributed by atoms with van der Waals surface area (Å²) in [6.07, 6.45) is 3.26. The number of piperidine rings is 1. The number of aromatic amines is 1. The van der Waals surface area contributed by atoms with E-state index in [-0.39, 0.29) is 11.9 Å². The lowest BCUT2D eigenvalue weighted by Crippen LogP contribution is -2.48. The average Bonchev–Trinajstić information content (AvgIpc) is 3.23. The predicted octanol–water partition coefficient (Wildman–Crippen LogP) is 3.67. The second-order valence-electron chi connectivity index (χ2n) is 6.73. The highest BCUT2D eigenvalue weighted by Crippen LogP contribution is 2.21. The van der Waals surface area contributed by atoms with E-state index in [1.165, 1.54) is 5.56 Å². The van der Waals surface area contributed by atoms with Gasteiger partial charge in [0, 0.05) is 19.1 Å². The number of fused-ring (bicyclic) bond motifs is 1. The van der Waals surface area contributed by atoms with Gasteiger partial charge in [-0.3, -0.25) is 4.79 Å². The van der Waals surface area contributed by atoms with Gasteiger partial charge in [-0.25, -0.2) is 0 Å². The Morgan fingerprint density at radius 3 is 3.00 bits per heavy atom. The minimum atomic E-state index is 0.0123. The van der Waals surface area contributed by atoms with E-state index in [9.17, 15) is 4.79 Å². The molecule has 130 valence electrons. The first-order valence-corrected chi connectivity index (χ1v) is 9.79. The van der Waals surface area contributed by atoms with Crippen LogP contribution in [0.5, 0.6) is 0 Å². The third kappa shape index (κ3) is 3.94. The molecule has 1 saturated heterocycles. The summed E-state index contributed by atoms with van der Waals surface area (Å²) in [7, 11) is 0. The van der Waals surface area contributed by atoms with Crippen LogP contribution in [0.25, 0.3) is 10.2 Å². The van der Waals surface area contributed by atoms with E-state index in [0.29, 0.717) is 5.69 Å². The summed E-state index contributed by atoms with van der Waals surface area (Å²) in [6.45, 7) is 3.11. The zero-order chi connectivity index (χ0) is 17.1. The lowest BCUT2D eigenvalue weighted by molar-refractivity contribution is 0.0900. The van der Waals surface area contributed by atoms with Crippen molar-refractivity contribution in [2.24, 2.45) is 0 Å². The van der Waals surface area contributed by atoms with Crippen molar-refractivity contribution in [3.05, 3.63) is 59.1 Å². The molecule has 1 aliphatic rings. The minimum absolute atomic E-state index is 0.0123. The molecule has 1 aliphatic heterocycles. The molecule has 3 heterocycles. The zero-order valence-corrected chi connectivity index (χ0v) is 15.0. The van der Waals surface area contributed by atoms with Crippen LogP contribution in [0, 0.1) is 0 Å². The summed E-state index contributed by atoms with van der Waals surface area (Å²) >= 11 is 1.66. The van der Waals surface area contributed by atoms with Crippen molar-refractivity contribution < 1.29 is 4.79 Å². The van der Waals surface area contributed by atoms with Gasteiger partial charge in [-0.1, -0.05) is 30.3 Å². The standard InChI is InChI=1S/C20H23N3OS/c24-20(18-13-19-17(22-18)9-12-25-19)21-16-7-4-10-23(14-16)11-8-15-5-2-1-3-6-15/h1-3,5-6,9,12-13,16,22H,4,7-8,10-11,14H2,(H,21,24). The number of hydrogen-bond acceptors (Lipinski definition) is 3. The predicted molar refractivity (Wildman–Crippen MR) is 103 cm³/mol. The van der Waals surface area contributed by atoms with Crippen LogP contribution in [0.1, 0.15) is 28.9 Å². The molecule has 2 N–H and O–H groups in total. The van der Waals surface area contributed by atoms with E-state index >= 15 is 0 Å². The molecule has 4 rings (SSSR count). The van der Waals surface area contributed by atoms with Crippen molar-refractivity contribution in [3.8, 4) is 0 Å². The smallest absolute Gasteiger partial charge is 0.268 e. The van der Waals surface area contributed by atoms with Crippen LogP contribution >= 0.6 is 11.3 Å². The van der Waals surface area contributed by atoms with Crippen LogP contribution in [0.2, 0.25) is 0 Å². The average molecular weight is 353 g/mol. The molecule has 1 unspecified atom stereocenters. The largest absolute Gasteiger partial charge is 0.350 e. The maximum atomic E-state index is 12.5. The third-order valence-corrected chi connectivity index (χ3v) is 5.75. The van der Waals surface area contributed by atoms with E-state index < -0.39 is 0 Å². The van der Waals surface area contributed by atoms with Gasteiger partial charge in [0.15, 0.2) is 0 Å². The summed E-state index contributed by atoms with van der Waals surface area (Å²) in [4.78, 5) is 18.2.